The molecule has 0 aliphatic rings. The van der Waals surface area contributed by atoms with Gasteiger partial charge in [0.05, 0.1) is 22.4 Å². The third kappa shape index (κ3) is 3.56. The molecule has 0 atom stereocenters. The zero-order valence-corrected chi connectivity index (χ0v) is 14.0. The van der Waals surface area contributed by atoms with Crippen LogP contribution in [0.15, 0.2) is 18.2 Å². The number of benzene rings is 1. The smallest absolute Gasteiger partial charge is 0.335 e. The Balaban J connectivity index is 2.26. The van der Waals surface area contributed by atoms with Gasteiger partial charge >= 0.3 is 5.97 Å². The maximum Gasteiger partial charge on any atom is 0.335 e. The van der Waals surface area contributed by atoms with Crippen LogP contribution in [0.3, 0.4) is 0 Å². The number of aromatic nitrogens is 1. The number of thiazole rings is 1. The quantitative estimate of drug-likeness (QED) is 0.898. The molecular formula is C16H17FN2O3S. The standard InChI is InChI=1S/C16H17FN2O3S/c1-8-9(2)23-15(18-8)16(3,4)19-13(20)11-6-5-10(14(21)22)7-12(11)17/h5-7H,1-4H3,(H,19,20)(H,21,22). The lowest BCUT2D eigenvalue weighted by Crippen LogP contribution is -2.41. The highest BCUT2D eigenvalue weighted by atomic mass is 32.1. The highest BCUT2D eigenvalue weighted by Gasteiger charge is 2.28. The number of amides is 1. The second kappa shape index (κ2) is 6.08. The van der Waals surface area contributed by atoms with Crippen molar-refractivity contribution in [3.05, 3.63) is 50.7 Å². The van der Waals surface area contributed by atoms with Crippen LogP contribution in [0.2, 0.25) is 0 Å². The van der Waals surface area contributed by atoms with Gasteiger partial charge in [0.25, 0.3) is 5.91 Å². The minimum atomic E-state index is -1.25. The van der Waals surface area contributed by atoms with E-state index in [9.17, 15) is 14.0 Å². The van der Waals surface area contributed by atoms with Gasteiger partial charge in [0.1, 0.15) is 10.8 Å². The van der Waals surface area contributed by atoms with E-state index in [-0.39, 0.29) is 11.1 Å². The van der Waals surface area contributed by atoms with Crippen molar-refractivity contribution in [2.24, 2.45) is 0 Å². The van der Waals surface area contributed by atoms with Gasteiger partial charge in [0.2, 0.25) is 0 Å². The summed E-state index contributed by atoms with van der Waals surface area (Å²) in [5.74, 6) is -2.73. The van der Waals surface area contributed by atoms with Crippen molar-refractivity contribution in [3.63, 3.8) is 0 Å². The van der Waals surface area contributed by atoms with Gasteiger partial charge in [-0.1, -0.05) is 0 Å². The molecule has 1 amide bonds. The number of nitrogens with one attached hydrogen (secondary N) is 1. The molecule has 2 rings (SSSR count). The van der Waals surface area contributed by atoms with Gasteiger partial charge < -0.3 is 10.4 Å². The van der Waals surface area contributed by atoms with E-state index in [2.05, 4.69) is 10.3 Å². The summed E-state index contributed by atoms with van der Waals surface area (Å²) in [5, 5.41) is 12.3. The Morgan fingerprint density at radius 2 is 1.96 bits per heavy atom. The van der Waals surface area contributed by atoms with Crippen molar-refractivity contribution in [1.29, 1.82) is 0 Å². The Morgan fingerprint density at radius 3 is 2.43 bits per heavy atom. The Morgan fingerprint density at radius 1 is 1.30 bits per heavy atom. The second-order valence-electron chi connectivity index (χ2n) is 5.74. The third-order valence-corrected chi connectivity index (χ3v) is 4.85. The number of nitrogens with zero attached hydrogens (tertiary/aromatic N) is 1. The molecule has 2 aromatic rings. The van der Waals surface area contributed by atoms with Crippen LogP contribution in [-0.2, 0) is 5.54 Å². The normalized spacial score (nSPS) is 11.3. The van der Waals surface area contributed by atoms with E-state index in [0.717, 1.165) is 21.6 Å². The van der Waals surface area contributed by atoms with Crippen LogP contribution >= 0.6 is 11.3 Å². The van der Waals surface area contributed by atoms with Crippen molar-refractivity contribution >= 4 is 23.2 Å². The molecule has 1 heterocycles. The summed E-state index contributed by atoms with van der Waals surface area (Å²) in [7, 11) is 0. The fourth-order valence-electron chi connectivity index (χ4n) is 1.98. The van der Waals surface area contributed by atoms with Crippen LogP contribution in [0.5, 0.6) is 0 Å². The molecule has 0 bridgehead atoms. The molecule has 0 saturated heterocycles. The summed E-state index contributed by atoms with van der Waals surface area (Å²) in [4.78, 5) is 28.6. The molecule has 1 aromatic heterocycles. The lowest BCUT2D eigenvalue weighted by molar-refractivity contribution is 0.0695. The van der Waals surface area contributed by atoms with E-state index in [1.165, 1.54) is 23.5 Å². The Bertz CT molecular complexity index is 764. The van der Waals surface area contributed by atoms with Crippen LogP contribution in [0.25, 0.3) is 0 Å². The number of carboxylic acids is 1. The summed E-state index contributed by atoms with van der Waals surface area (Å²) >= 11 is 1.47. The number of carbonyl (C=O) groups excluding carboxylic acids is 1. The molecule has 0 spiro atoms. The molecule has 2 N–H and O–H groups in total. The zero-order chi connectivity index (χ0) is 17.4. The predicted molar refractivity (Wildman–Crippen MR) is 85.4 cm³/mol. The molecule has 122 valence electrons. The monoisotopic (exact) mass is 336 g/mol. The topological polar surface area (TPSA) is 79.3 Å². The molecular weight excluding hydrogens is 319 g/mol. The molecule has 0 aliphatic heterocycles. The number of hydrogen-bond acceptors (Lipinski definition) is 4. The largest absolute Gasteiger partial charge is 0.478 e. The van der Waals surface area contributed by atoms with Crippen molar-refractivity contribution in [2.45, 2.75) is 33.2 Å². The minimum Gasteiger partial charge on any atom is -0.478 e. The van der Waals surface area contributed by atoms with Gasteiger partial charge in [-0.15, -0.1) is 11.3 Å². The fourth-order valence-corrected chi connectivity index (χ4v) is 2.95. The minimum absolute atomic E-state index is 0.201. The summed E-state index contributed by atoms with van der Waals surface area (Å²) in [6.45, 7) is 7.40. The number of aromatic carboxylic acids is 1. The van der Waals surface area contributed by atoms with Crippen molar-refractivity contribution < 1.29 is 19.1 Å². The van der Waals surface area contributed by atoms with Gasteiger partial charge in [-0.2, -0.15) is 0 Å². The number of carboxylic acid groups (broad SMARTS) is 1. The molecule has 0 aliphatic carbocycles. The number of rotatable bonds is 4. The lowest BCUT2D eigenvalue weighted by Gasteiger charge is -2.24. The molecule has 0 unspecified atom stereocenters. The van der Waals surface area contributed by atoms with Crippen LogP contribution in [0, 0.1) is 19.7 Å². The van der Waals surface area contributed by atoms with Crippen molar-refractivity contribution in [2.75, 3.05) is 0 Å². The first-order chi connectivity index (χ1) is 10.6. The maximum atomic E-state index is 14.0. The maximum absolute atomic E-state index is 14.0. The van der Waals surface area contributed by atoms with Gasteiger partial charge in [0.15, 0.2) is 0 Å². The first-order valence-corrected chi connectivity index (χ1v) is 7.73. The van der Waals surface area contributed by atoms with Crippen molar-refractivity contribution in [3.8, 4) is 0 Å². The molecule has 23 heavy (non-hydrogen) atoms. The average molecular weight is 336 g/mol. The Kier molecular flexibility index (Phi) is 4.51. The second-order valence-corrected chi connectivity index (χ2v) is 6.94. The van der Waals surface area contributed by atoms with E-state index in [1.807, 2.05) is 13.8 Å². The first kappa shape index (κ1) is 17.1. The van der Waals surface area contributed by atoms with E-state index >= 15 is 0 Å². The fraction of sp³-hybridized carbons (Fsp3) is 0.312. The van der Waals surface area contributed by atoms with Gasteiger partial charge in [-0.3, -0.25) is 4.79 Å². The highest BCUT2D eigenvalue weighted by molar-refractivity contribution is 7.11. The first-order valence-electron chi connectivity index (χ1n) is 6.91. The Hall–Kier alpha value is -2.28. The number of carbonyl (C=O) groups is 2. The van der Waals surface area contributed by atoms with E-state index in [4.69, 9.17) is 5.11 Å². The van der Waals surface area contributed by atoms with Crippen LogP contribution in [0.1, 0.15) is 50.1 Å². The van der Waals surface area contributed by atoms with Crippen LogP contribution in [0.4, 0.5) is 4.39 Å². The zero-order valence-electron chi connectivity index (χ0n) is 13.2. The predicted octanol–water partition coefficient (Wildman–Crippen LogP) is 3.26. The van der Waals surface area contributed by atoms with Gasteiger partial charge in [-0.25, -0.2) is 14.2 Å². The summed E-state index contributed by atoms with van der Waals surface area (Å²) in [6.07, 6.45) is 0. The number of hydrogen-bond donors (Lipinski definition) is 2. The molecule has 1 aromatic carbocycles. The number of halogens is 1. The van der Waals surface area contributed by atoms with E-state index in [0.29, 0.717) is 0 Å². The molecule has 0 saturated carbocycles. The third-order valence-electron chi connectivity index (χ3n) is 3.45. The molecule has 5 nitrogen and oxygen atoms in total. The summed E-state index contributed by atoms with van der Waals surface area (Å²) in [5.41, 5.74) is -0.277. The van der Waals surface area contributed by atoms with Gasteiger partial charge in [0, 0.05) is 4.88 Å². The van der Waals surface area contributed by atoms with Crippen molar-refractivity contribution in [1.82, 2.24) is 10.3 Å². The summed E-state index contributed by atoms with van der Waals surface area (Å²) in [6, 6.07) is 3.20. The SMILES string of the molecule is Cc1nc(C(C)(C)NC(=O)c2ccc(C(=O)O)cc2F)sc1C. The van der Waals surface area contributed by atoms with Crippen LogP contribution in [-0.4, -0.2) is 22.0 Å². The van der Waals surface area contributed by atoms with Crippen LogP contribution < -0.4 is 5.32 Å². The van der Waals surface area contributed by atoms with E-state index in [1.54, 1.807) is 13.8 Å². The molecule has 0 fully saturated rings. The lowest BCUT2D eigenvalue weighted by atomic mass is 10.0. The van der Waals surface area contributed by atoms with Gasteiger partial charge in [-0.05, 0) is 45.9 Å². The Labute approximate surface area is 137 Å². The highest BCUT2D eigenvalue weighted by Crippen LogP contribution is 2.27. The molecule has 7 heteroatoms. The average Bonchev–Trinajstić information content (AvgIpc) is 2.78. The van der Waals surface area contributed by atoms with E-state index < -0.39 is 23.2 Å². The number of aryl methyl sites for hydroxylation is 2. The molecule has 0 radical (unpaired) electrons. The summed E-state index contributed by atoms with van der Waals surface area (Å²) < 4.78 is 14.0.